The highest BCUT2D eigenvalue weighted by Crippen LogP contribution is 2.32. The van der Waals surface area contributed by atoms with Gasteiger partial charge < -0.3 is 24.8 Å². The minimum Gasteiger partial charge on any atom is -0.460 e. The summed E-state index contributed by atoms with van der Waals surface area (Å²) in [7, 11) is 0. The molecule has 2 heterocycles. The van der Waals surface area contributed by atoms with Crippen molar-refractivity contribution in [3.05, 3.63) is 48.6 Å². The van der Waals surface area contributed by atoms with Gasteiger partial charge in [-0.25, -0.2) is 4.79 Å². The van der Waals surface area contributed by atoms with E-state index in [0.29, 0.717) is 25.7 Å². The van der Waals surface area contributed by atoms with E-state index in [2.05, 4.69) is 0 Å². The summed E-state index contributed by atoms with van der Waals surface area (Å²) < 4.78 is 11.0. The molecule has 1 fully saturated rings. The van der Waals surface area contributed by atoms with Gasteiger partial charge >= 0.3 is 5.97 Å². The van der Waals surface area contributed by atoms with Crippen LogP contribution in [0.1, 0.15) is 58.3 Å². The molecular weight excluding hydrogens is 384 g/mol. The Bertz CT molecular complexity index is 623. The number of hydrogen-bond acceptors (Lipinski definition) is 6. The maximum Gasteiger partial charge on any atom is 0.331 e. The van der Waals surface area contributed by atoms with Crippen molar-refractivity contribution < 1.29 is 29.6 Å². The number of aliphatic hydroxyl groups is 3. The Balaban J connectivity index is 1.86. The average Bonchev–Trinajstić information content (AvgIpc) is 3.43. The molecule has 168 valence electrons. The predicted octanol–water partition coefficient (Wildman–Crippen LogP) is 3.13. The summed E-state index contributed by atoms with van der Waals surface area (Å²) in [5.74, 6) is -0.371. The zero-order chi connectivity index (χ0) is 21.8. The van der Waals surface area contributed by atoms with Crippen LogP contribution in [0.5, 0.6) is 0 Å². The maximum atomic E-state index is 11.8. The summed E-state index contributed by atoms with van der Waals surface area (Å²) in [4.78, 5) is 11.8. The van der Waals surface area contributed by atoms with Crippen LogP contribution >= 0.6 is 0 Å². The number of esters is 1. The van der Waals surface area contributed by atoms with Crippen LogP contribution in [0, 0.1) is 0 Å². The molecule has 0 aliphatic carbocycles. The summed E-state index contributed by atoms with van der Waals surface area (Å²) >= 11 is 0. The van der Waals surface area contributed by atoms with Gasteiger partial charge in [0.15, 0.2) is 0 Å². The van der Waals surface area contributed by atoms with E-state index in [1.54, 1.807) is 36.5 Å². The first kappa shape index (κ1) is 24.5. The normalized spacial score (nSPS) is 39.5. The van der Waals surface area contributed by atoms with E-state index in [1.165, 1.54) is 6.08 Å². The Labute approximate surface area is 179 Å². The van der Waals surface area contributed by atoms with Crippen molar-refractivity contribution >= 4 is 5.97 Å². The molecule has 0 aromatic rings. The Kier molecular flexibility index (Phi) is 11.1. The van der Waals surface area contributed by atoms with Crippen LogP contribution in [0.2, 0.25) is 0 Å². The molecule has 2 aliphatic rings. The average molecular weight is 421 g/mol. The molecule has 0 radical (unpaired) electrons. The summed E-state index contributed by atoms with van der Waals surface area (Å²) in [5.41, 5.74) is 0. The first-order chi connectivity index (χ1) is 14.4. The summed E-state index contributed by atoms with van der Waals surface area (Å²) in [6.07, 6.45) is 17.2. The van der Waals surface area contributed by atoms with Crippen LogP contribution in [0.25, 0.3) is 0 Å². The number of cyclic esters (lactones) is 1. The van der Waals surface area contributed by atoms with Gasteiger partial charge in [0.1, 0.15) is 0 Å². The molecule has 2 rings (SSSR count). The maximum absolute atomic E-state index is 11.8. The van der Waals surface area contributed by atoms with E-state index in [-0.39, 0.29) is 24.3 Å². The minimum absolute atomic E-state index is 0.155. The SMILES string of the molecule is C[C@@H]1CCC[C@@H]2O[C@H]2CC[C@H](O)C[C@@H](O)C/C=C\C=C\[C@@H](O)C/C=C/C=C/C(=O)O1. The number of allylic oxidation sites excluding steroid dienone is 4. The molecule has 6 heteroatoms. The molecule has 0 aromatic heterocycles. The summed E-state index contributed by atoms with van der Waals surface area (Å²) in [6, 6.07) is 0. The van der Waals surface area contributed by atoms with E-state index >= 15 is 0 Å². The molecule has 3 N–H and O–H groups in total. The third kappa shape index (κ3) is 10.9. The zero-order valence-electron chi connectivity index (χ0n) is 17.8. The van der Waals surface area contributed by atoms with Crippen LogP contribution in [-0.2, 0) is 14.3 Å². The molecule has 0 unspecified atom stereocenters. The van der Waals surface area contributed by atoms with Crippen LogP contribution in [-0.4, -0.2) is 57.9 Å². The molecule has 0 aromatic carbocycles. The van der Waals surface area contributed by atoms with Gasteiger partial charge in [0, 0.05) is 6.08 Å². The predicted molar refractivity (Wildman–Crippen MR) is 116 cm³/mol. The number of hydrogen-bond donors (Lipinski definition) is 3. The Morgan fingerprint density at radius 1 is 0.867 bits per heavy atom. The number of aliphatic hydroxyl groups excluding tert-OH is 3. The largest absolute Gasteiger partial charge is 0.460 e. The first-order valence-electron chi connectivity index (χ1n) is 11.0. The van der Waals surface area contributed by atoms with Crippen molar-refractivity contribution in [3.63, 3.8) is 0 Å². The lowest BCUT2D eigenvalue weighted by atomic mass is 10.0. The van der Waals surface area contributed by atoms with Crippen LogP contribution < -0.4 is 0 Å². The number of rotatable bonds is 0. The van der Waals surface area contributed by atoms with E-state index < -0.39 is 18.3 Å². The smallest absolute Gasteiger partial charge is 0.331 e. The monoisotopic (exact) mass is 420 g/mol. The van der Waals surface area contributed by atoms with Gasteiger partial charge in [-0.3, -0.25) is 0 Å². The quantitative estimate of drug-likeness (QED) is 0.411. The van der Waals surface area contributed by atoms with Crippen LogP contribution in [0.4, 0.5) is 0 Å². The molecule has 6 nitrogen and oxygen atoms in total. The highest BCUT2D eigenvalue weighted by molar-refractivity contribution is 5.82. The van der Waals surface area contributed by atoms with Crippen molar-refractivity contribution in [2.45, 2.75) is 94.9 Å². The minimum atomic E-state index is -0.628. The second kappa shape index (κ2) is 13.5. The Hall–Kier alpha value is -1.73. The number of epoxide rings is 1. The van der Waals surface area contributed by atoms with Gasteiger partial charge in [-0.05, 0) is 58.3 Å². The molecule has 0 bridgehead atoms. The number of ether oxygens (including phenoxy) is 2. The lowest BCUT2D eigenvalue weighted by molar-refractivity contribution is -0.142. The molecular formula is C24H36O6. The van der Waals surface area contributed by atoms with Gasteiger partial charge in [-0.15, -0.1) is 0 Å². The fourth-order valence-corrected chi connectivity index (χ4v) is 3.49. The molecule has 6 atom stereocenters. The van der Waals surface area contributed by atoms with Gasteiger partial charge in [0.05, 0.1) is 36.6 Å². The zero-order valence-corrected chi connectivity index (χ0v) is 17.8. The number of fused-ring (bicyclic) bond motifs is 1. The van der Waals surface area contributed by atoms with Crippen molar-refractivity contribution in [1.29, 1.82) is 0 Å². The standard InChI is InChI=1S/C24H36O6/c1-18-9-8-13-22-23(30-22)16-15-21(27)17-20(26)12-6-2-4-10-19(25)11-5-3-7-14-24(28)29-18/h2-7,10,14,18-23,25-27H,8-9,11-13,15-17H2,1H3/b5-3+,6-2-,10-4+,14-7+/t18-,19-,20+,21+,22+,23+/m1/s1. The summed E-state index contributed by atoms with van der Waals surface area (Å²) in [5, 5.41) is 30.1. The van der Waals surface area contributed by atoms with E-state index in [0.717, 1.165) is 25.7 Å². The molecule has 1 saturated heterocycles. The Morgan fingerprint density at radius 2 is 1.60 bits per heavy atom. The Morgan fingerprint density at radius 3 is 2.43 bits per heavy atom. The van der Waals surface area contributed by atoms with Gasteiger partial charge in [0.25, 0.3) is 0 Å². The van der Waals surface area contributed by atoms with Crippen molar-refractivity contribution in [2.24, 2.45) is 0 Å². The van der Waals surface area contributed by atoms with Crippen LogP contribution in [0.15, 0.2) is 48.6 Å². The van der Waals surface area contributed by atoms with E-state index in [9.17, 15) is 20.1 Å². The molecule has 0 amide bonds. The number of carbonyl (C=O) groups is 1. The van der Waals surface area contributed by atoms with E-state index in [1.807, 2.05) is 13.0 Å². The summed E-state index contributed by atoms with van der Waals surface area (Å²) in [6.45, 7) is 1.88. The molecule has 0 spiro atoms. The highest BCUT2D eigenvalue weighted by atomic mass is 16.6. The lowest BCUT2D eigenvalue weighted by Crippen LogP contribution is -2.17. The van der Waals surface area contributed by atoms with Gasteiger partial charge in [0.2, 0.25) is 0 Å². The fourth-order valence-electron chi connectivity index (χ4n) is 3.49. The molecule has 30 heavy (non-hydrogen) atoms. The molecule has 2 aliphatic heterocycles. The topological polar surface area (TPSA) is 99.5 Å². The highest BCUT2D eigenvalue weighted by Gasteiger charge is 2.37. The number of carbonyl (C=O) groups excluding carboxylic acids is 1. The van der Waals surface area contributed by atoms with Crippen molar-refractivity contribution in [3.8, 4) is 0 Å². The third-order valence-corrected chi connectivity index (χ3v) is 5.28. The second-order valence-corrected chi connectivity index (χ2v) is 8.15. The van der Waals surface area contributed by atoms with Gasteiger partial charge in [-0.1, -0.05) is 42.5 Å². The van der Waals surface area contributed by atoms with Crippen molar-refractivity contribution in [1.82, 2.24) is 0 Å². The fraction of sp³-hybridized carbons (Fsp3) is 0.625. The van der Waals surface area contributed by atoms with E-state index in [4.69, 9.17) is 9.47 Å². The second-order valence-electron chi connectivity index (χ2n) is 8.15. The molecule has 0 saturated carbocycles. The third-order valence-electron chi connectivity index (χ3n) is 5.28. The van der Waals surface area contributed by atoms with Gasteiger partial charge in [-0.2, -0.15) is 0 Å². The van der Waals surface area contributed by atoms with Crippen molar-refractivity contribution in [2.75, 3.05) is 0 Å². The first-order valence-corrected chi connectivity index (χ1v) is 11.0. The van der Waals surface area contributed by atoms with Crippen LogP contribution in [0.3, 0.4) is 0 Å². The lowest BCUT2D eigenvalue weighted by Gasteiger charge is -2.13.